The average Bonchev–Trinajstić information content (AvgIpc) is 2.55. The molecular formula is C18H24N2O2. The molecule has 118 valence electrons. The molecule has 0 aliphatic heterocycles. The summed E-state index contributed by atoms with van der Waals surface area (Å²) in [5.74, 6) is 0.0640. The minimum atomic E-state index is 0.0640. The van der Waals surface area contributed by atoms with Crippen LogP contribution in [0.2, 0.25) is 0 Å². The van der Waals surface area contributed by atoms with Gasteiger partial charge in [0.15, 0.2) is 0 Å². The van der Waals surface area contributed by atoms with Crippen molar-refractivity contribution in [2.75, 3.05) is 37.7 Å². The van der Waals surface area contributed by atoms with E-state index in [0.29, 0.717) is 19.6 Å². The first kappa shape index (κ1) is 16.5. The summed E-state index contributed by atoms with van der Waals surface area (Å²) < 4.78 is 0. The van der Waals surface area contributed by atoms with Crippen LogP contribution in [0, 0.1) is 0 Å². The summed E-state index contributed by atoms with van der Waals surface area (Å²) in [4.78, 5) is 16.4. The number of benzene rings is 2. The van der Waals surface area contributed by atoms with Crippen LogP contribution in [0.1, 0.15) is 13.8 Å². The molecule has 1 amide bonds. The van der Waals surface area contributed by atoms with Gasteiger partial charge in [-0.15, -0.1) is 0 Å². The van der Waals surface area contributed by atoms with Gasteiger partial charge in [-0.3, -0.25) is 9.69 Å². The number of anilines is 1. The molecule has 0 heterocycles. The fraction of sp³-hybridized carbons (Fsp3) is 0.389. The molecule has 2 aromatic rings. The lowest BCUT2D eigenvalue weighted by Crippen LogP contribution is -2.41. The predicted molar refractivity (Wildman–Crippen MR) is 91.2 cm³/mol. The SMILES string of the molecule is CCN(CCO)CC(=O)N(CC)c1cccc2ccccc12. The monoisotopic (exact) mass is 300 g/mol. The second-order valence-corrected chi connectivity index (χ2v) is 5.23. The highest BCUT2D eigenvalue weighted by Crippen LogP contribution is 2.26. The molecule has 0 saturated heterocycles. The molecule has 1 N–H and O–H groups in total. The summed E-state index contributed by atoms with van der Waals surface area (Å²) in [6.07, 6.45) is 0. The standard InChI is InChI=1S/C18H24N2O2/c1-3-19(12-13-21)14-18(22)20(4-2)17-11-7-9-15-8-5-6-10-16(15)17/h5-11,21H,3-4,12-14H2,1-2H3. The van der Waals surface area contributed by atoms with Crippen molar-refractivity contribution in [3.63, 3.8) is 0 Å². The Morgan fingerprint density at radius 1 is 1.05 bits per heavy atom. The maximum Gasteiger partial charge on any atom is 0.241 e. The van der Waals surface area contributed by atoms with Crippen LogP contribution in [0.4, 0.5) is 5.69 Å². The fourth-order valence-corrected chi connectivity index (χ4v) is 2.69. The number of aliphatic hydroxyl groups is 1. The summed E-state index contributed by atoms with van der Waals surface area (Å²) in [5, 5.41) is 11.3. The van der Waals surface area contributed by atoms with Gasteiger partial charge in [0, 0.05) is 18.5 Å². The van der Waals surface area contributed by atoms with Crippen LogP contribution >= 0.6 is 0 Å². The first-order valence-corrected chi connectivity index (χ1v) is 7.82. The van der Waals surface area contributed by atoms with Crippen LogP contribution in [0.25, 0.3) is 10.8 Å². The van der Waals surface area contributed by atoms with E-state index < -0.39 is 0 Å². The number of hydrogen-bond donors (Lipinski definition) is 1. The van der Waals surface area contributed by atoms with E-state index in [1.807, 2.05) is 54.0 Å². The third-order valence-electron chi connectivity index (χ3n) is 3.90. The number of nitrogens with zero attached hydrogens (tertiary/aromatic N) is 2. The highest BCUT2D eigenvalue weighted by molar-refractivity contribution is 6.04. The fourth-order valence-electron chi connectivity index (χ4n) is 2.69. The largest absolute Gasteiger partial charge is 0.395 e. The molecule has 0 unspecified atom stereocenters. The zero-order valence-electron chi connectivity index (χ0n) is 13.3. The van der Waals surface area contributed by atoms with E-state index in [4.69, 9.17) is 5.11 Å². The Kier molecular flexibility index (Phi) is 5.92. The molecule has 2 aromatic carbocycles. The molecule has 0 bridgehead atoms. The molecule has 0 radical (unpaired) electrons. The molecule has 2 rings (SSSR count). The molecule has 0 aliphatic rings. The Morgan fingerprint density at radius 2 is 1.77 bits per heavy atom. The van der Waals surface area contributed by atoms with E-state index in [1.165, 1.54) is 0 Å². The zero-order valence-corrected chi connectivity index (χ0v) is 13.3. The van der Waals surface area contributed by atoms with E-state index in [1.54, 1.807) is 0 Å². The Bertz CT molecular complexity index is 622. The topological polar surface area (TPSA) is 43.8 Å². The number of likely N-dealkylation sites (N-methyl/N-ethyl adjacent to an activating group) is 2. The van der Waals surface area contributed by atoms with Crippen molar-refractivity contribution in [1.29, 1.82) is 0 Å². The van der Waals surface area contributed by atoms with Crippen molar-refractivity contribution >= 4 is 22.4 Å². The Morgan fingerprint density at radius 3 is 2.45 bits per heavy atom. The number of aliphatic hydroxyl groups excluding tert-OH is 1. The molecule has 0 atom stereocenters. The van der Waals surface area contributed by atoms with Crippen LogP contribution in [0.3, 0.4) is 0 Å². The second kappa shape index (κ2) is 7.92. The van der Waals surface area contributed by atoms with Gasteiger partial charge in [0.2, 0.25) is 5.91 Å². The van der Waals surface area contributed by atoms with Gasteiger partial charge in [-0.1, -0.05) is 43.3 Å². The van der Waals surface area contributed by atoms with Crippen molar-refractivity contribution in [3.8, 4) is 0 Å². The van der Waals surface area contributed by atoms with Gasteiger partial charge in [-0.05, 0) is 24.9 Å². The van der Waals surface area contributed by atoms with Crippen LogP contribution < -0.4 is 4.90 Å². The quantitative estimate of drug-likeness (QED) is 0.854. The van der Waals surface area contributed by atoms with Gasteiger partial charge < -0.3 is 10.0 Å². The summed E-state index contributed by atoms with van der Waals surface area (Å²) in [6.45, 7) is 6.28. The smallest absolute Gasteiger partial charge is 0.241 e. The Balaban J connectivity index is 2.28. The normalized spacial score (nSPS) is 11.1. The molecule has 22 heavy (non-hydrogen) atoms. The Hall–Kier alpha value is -1.91. The lowest BCUT2D eigenvalue weighted by molar-refractivity contribution is -0.119. The van der Waals surface area contributed by atoms with Crippen LogP contribution in [0.15, 0.2) is 42.5 Å². The predicted octanol–water partition coefficient (Wildman–Crippen LogP) is 2.51. The minimum Gasteiger partial charge on any atom is -0.395 e. The Labute approximate surface area is 132 Å². The number of fused-ring (bicyclic) bond motifs is 1. The number of rotatable bonds is 7. The molecule has 0 saturated carbocycles. The van der Waals surface area contributed by atoms with E-state index >= 15 is 0 Å². The maximum absolute atomic E-state index is 12.7. The molecular weight excluding hydrogens is 276 g/mol. The van der Waals surface area contributed by atoms with Gasteiger partial charge in [-0.2, -0.15) is 0 Å². The number of amides is 1. The number of carbonyl (C=O) groups is 1. The summed E-state index contributed by atoms with van der Waals surface area (Å²) >= 11 is 0. The van der Waals surface area contributed by atoms with Gasteiger partial charge in [-0.25, -0.2) is 0 Å². The van der Waals surface area contributed by atoms with Crippen molar-refractivity contribution < 1.29 is 9.90 Å². The highest BCUT2D eigenvalue weighted by Gasteiger charge is 2.18. The summed E-state index contributed by atoms with van der Waals surface area (Å²) in [6, 6.07) is 14.1. The maximum atomic E-state index is 12.7. The van der Waals surface area contributed by atoms with Crippen molar-refractivity contribution in [3.05, 3.63) is 42.5 Å². The van der Waals surface area contributed by atoms with E-state index in [9.17, 15) is 4.79 Å². The molecule has 0 spiro atoms. The summed E-state index contributed by atoms with van der Waals surface area (Å²) in [5.41, 5.74) is 0.950. The highest BCUT2D eigenvalue weighted by atomic mass is 16.3. The molecule has 0 aromatic heterocycles. The zero-order chi connectivity index (χ0) is 15.9. The van der Waals surface area contributed by atoms with Crippen molar-refractivity contribution in [1.82, 2.24) is 4.90 Å². The molecule has 0 aliphatic carbocycles. The van der Waals surface area contributed by atoms with Gasteiger partial charge in [0.05, 0.1) is 18.8 Å². The first-order chi connectivity index (χ1) is 10.7. The van der Waals surface area contributed by atoms with E-state index in [-0.39, 0.29) is 12.5 Å². The second-order valence-electron chi connectivity index (χ2n) is 5.23. The summed E-state index contributed by atoms with van der Waals surface area (Å²) in [7, 11) is 0. The average molecular weight is 300 g/mol. The molecule has 0 fully saturated rings. The van der Waals surface area contributed by atoms with Crippen LogP contribution in [-0.4, -0.2) is 48.7 Å². The lowest BCUT2D eigenvalue weighted by Gasteiger charge is -2.26. The first-order valence-electron chi connectivity index (χ1n) is 7.82. The third kappa shape index (κ3) is 3.64. The van der Waals surface area contributed by atoms with E-state index in [0.717, 1.165) is 23.0 Å². The number of hydrogen-bond acceptors (Lipinski definition) is 3. The lowest BCUT2D eigenvalue weighted by atomic mass is 10.1. The third-order valence-corrected chi connectivity index (χ3v) is 3.90. The van der Waals surface area contributed by atoms with Gasteiger partial charge in [0.1, 0.15) is 0 Å². The van der Waals surface area contributed by atoms with Gasteiger partial charge >= 0.3 is 0 Å². The van der Waals surface area contributed by atoms with Gasteiger partial charge in [0.25, 0.3) is 0 Å². The molecule has 4 nitrogen and oxygen atoms in total. The van der Waals surface area contributed by atoms with E-state index in [2.05, 4.69) is 12.1 Å². The number of carbonyl (C=O) groups excluding carboxylic acids is 1. The molecule has 4 heteroatoms. The van der Waals surface area contributed by atoms with Crippen molar-refractivity contribution in [2.45, 2.75) is 13.8 Å². The van der Waals surface area contributed by atoms with Crippen LogP contribution in [0.5, 0.6) is 0 Å². The minimum absolute atomic E-state index is 0.0640. The van der Waals surface area contributed by atoms with Crippen LogP contribution in [-0.2, 0) is 4.79 Å². The van der Waals surface area contributed by atoms with Crippen molar-refractivity contribution in [2.24, 2.45) is 0 Å².